The third kappa shape index (κ3) is 4.44. The minimum atomic E-state index is 0.871. The first-order chi connectivity index (χ1) is 24.3. The van der Waals surface area contributed by atoms with Crippen molar-refractivity contribution in [1.82, 2.24) is 4.57 Å². The quantitative estimate of drug-likeness (QED) is 0.190. The van der Waals surface area contributed by atoms with Crippen molar-refractivity contribution in [3.63, 3.8) is 0 Å². The van der Waals surface area contributed by atoms with Crippen LogP contribution in [0.4, 0.5) is 17.1 Å². The molecule has 2 aromatic heterocycles. The minimum absolute atomic E-state index is 0.871. The Morgan fingerprint density at radius 2 is 0.980 bits per heavy atom. The average molecular weight is 627 g/mol. The zero-order valence-electron chi connectivity index (χ0n) is 26.6. The summed E-state index contributed by atoms with van der Waals surface area (Å²) in [4.78, 5) is 2.34. The predicted molar refractivity (Wildman–Crippen MR) is 206 cm³/mol. The van der Waals surface area contributed by atoms with Crippen molar-refractivity contribution in [3.8, 4) is 16.8 Å². The maximum atomic E-state index is 6.39. The van der Waals surface area contributed by atoms with Crippen LogP contribution in [0.15, 0.2) is 186 Å². The summed E-state index contributed by atoms with van der Waals surface area (Å²) in [6.07, 6.45) is 0. The van der Waals surface area contributed by atoms with Gasteiger partial charge in [0.05, 0.1) is 11.0 Å². The summed E-state index contributed by atoms with van der Waals surface area (Å²) in [6.45, 7) is 0. The SMILES string of the molecule is c1ccc(-c2ccc(N(c3ccc4c(c3)oc3ccccc34)c3ccc4c5ccc6ccccc6c5n(-c5ccccc5)c4c3)cc2)cc1. The van der Waals surface area contributed by atoms with Crippen molar-refractivity contribution in [2.24, 2.45) is 0 Å². The van der Waals surface area contributed by atoms with Gasteiger partial charge in [-0.1, -0.05) is 121 Å². The highest BCUT2D eigenvalue weighted by molar-refractivity contribution is 6.19. The number of hydrogen-bond acceptors (Lipinski definition) is 2. The standard InChI is InChI=1S/C46H30N2O/c1-3-11-31(12-4-1)32-19-22-35(23-20-32)47(37-25-28-41-40-17-9-10-18-44(40)49-45(41)30-37)36-24-27-39-42-26-21-33-13-7-8-16-38(33)46(42)48(43(39)29-36)34-14-5-2-6-15-34/h1-30H. The van der Waals surface area contributed by atoms with Gasteiger partial charge in [-0.15, -0.1) is 0 Å². The number of para-hydroxylation sites is 2. The first kappa shape index (κ1) is 27.5. The van der Waals surface area contributed by atoms with Crippen LogP contribution in [-0.2, 0) is 0 Å². The number of aromatic nitrogens is 1. The molecule has 0 spiro atoms. The highest BCUT2D eigenvalue weighted by Crippen LogP contribution is 2.43. The van der Waals surface area contributed by atoms with Crippen molar-refractivity contribution >= 4 is 71.6 Å². The Morgan fingerprint density at radius 1 is 0.388 bits per heavy atom. The van der Waals surface area contributed by atoms with Crippen molar-refractivity contribution in [2.45, 2.75) is 0 Å². The predicted octanol–water partition coefficient (Wildman–Crippen LogP) is 13.0. The summed E-state index contributed by atoms with van der Waals surface area (Å²) < 4.78 is 8.82. The van der Waals surface area contributed by atoms with E-state index in [1.54, 1.807) is 0 Å². The Hall–Kier alpha value is -6.58. The lowest BCUT2D eigenvalue weighted by atomic mass is 10.0. The highest BCUT2D eigenvalue weighted by atomic mass is 16.3. The maximum absolute atomic E-state index is 6.39. The van der Waals surface area contributed by atoms with Crippen LogP contribution in [-0.4, -0.2) is 4.57 Å². The van der Waals surface area contributed by atoms with Gasteiger partial charge in [-0.25, -0.2) is 0 Å². The second kappa shape index (κ2) is 11.0. The van der Waals surface area contributed by atoms with Crippen LogP contribution in [0.3, 0.4) is 0 Å². The number of fused-ring (bicyclic) bond motifs is 8. The van der Waals surface area contributed by atoms with E-state index in [9.17, 15) is 0 Å². The van der Waals surface area contributed by atoms with Gasteiger partial charge in [0, 0.05) is 55.7 Å². The van der Waals surface area contributed by atoms with Gasteiger partial charge in [0.1, 0.15) is 11.2 Å². The van der Waals surface area contributed by atoms with Gasteiger partial charge in [-0.2, -0.15) is 0 Å². The summed E-state index contributed by atoms with van der Waals surface area (Å²) in [6, 6.07) is 65.0. The molecule has 3 heteroatoms. The van der Waals surface area contributed by atoms with E-state index in [4.69, 9.17) is 4.42 Å². The Labute approximate surface area is 283 Å². The van der Waals surface area contributed by atoms with Gasteiger partial charge in [-0.3, -0.25) is 0 Å². The highest BCUT2D eigenvalue weighted by Gasteiger charge is 2.20. The summed E-state index contributed by atoms with van der Waals surface area (Å²) in [5.74, 6) is 0. The van der Waals surface area contributed by atoms with Crippen molar-refractivity contribution < 1.29 is 4.42 Å². The zero-order valence-corrected chi connectivity index (χ0v) is 26.6. The van der Waals surface area contributed by atoms with Gasteiger partial charge < -0.3 is 13.9 Å². The first-order valence-corrected chi connectivity index (χ1v) is 16.7. The number of furan rings is 1. The molecule has 2 heterocycles. The molecular formula is C46H30N2O. The second-order valence-electron chi connectivity index (χ2n) is 12.6. The van der Waals surface area contributed by atoms with Crippen molar-refractivity contribution in [1.29, 1.82) is 0 Å². The van der Waals surface area contributed by atoms with E-state index in [2.05, 4.69) is 179 Å². The molecule has 0 saturated carbocycles. The molecule has 3 nitrogen and oxygen atoms in total. The molecule has 10 aromatic rings. The third-order valence-electron chi connectivity index (χ3n) is 9.76. The van der Waals surface area contributed by atoms with E-state index in [1.165, 1.54) is 38.2 Å². The second-order valence-corrected chi connectivity index (χ2v) is 12.6. The molecule has 0 N–H and O–H groups in total. The fourth-order valence-electron chi connectivity index (χ4n) is 7.49. The summed E-state index contributed by atoms with van der Waals surface area (Å²) in [5.41, 5.74) is 10.8. The summed E-state index contributed by atoms with van der Waals surface area (Å²) in [5, 5.41) is 7.18. The Morgan fingerprint density at radius 3 is 1.80 bits per heavy atom. The topological polar surface area (TPSA) is 21.3 Å². The fourth-order valence-corrected chi connectivity index (χ4v) is 7.49. The average Bonchev–Trinajstić information content (AvgIpc) is 3.71. The molecule has 0 unspecified atom stereocenters. The molecule has 230 valence electrons. The molecule has 10 rings (SSSR count). The van der Waals surface area contributed by atoms with Crippen LogP contribution in [0.25, 0.3) is 71.3 Å². The largest absolute Gasteiger partial charge is 0.456 e. The zero-order chi connectivity index (χ0) is 32.3. The first-order valence-electron chi connectivity index (χ1n) is 16.7. The van der Waals surface area contributed by atoms with E-state index in [0.717, 1.165) is 50.2 Å². The Kier molecular flexibility index (Phi) is 6.18. The third-order valence-corrected chi connectivity index (χ3v) is 9.76. The van der Waals surface area contributed by atoms with Crippen LogP contribution in [0.5, 0.6) is 0 Å². The number of rotatable bonds is 5. The van der Waals surface area contributed by atoms with Crippen LogP contribution < -0.4 is 4.90 Å². The number of nitrogens with zero attached hydrogens (tertiary/aromatic N) is 2. The van der Waals surface area contributed by atoms with Gasteiger partial charge in [0.25, 0.3) is 0 Å². The van der Waals surface area contributed by atoms with Crippen LogP contribution in [0, 0.1) is 0 Å². The number of anilines is 3. The van der Waals surface area contributed by atoms with E-state index in [-0.39, 0.29) is 0 Å². The van der Waals surface area contributed by atoms with Crippen LogP contribution >= 0.6 is 0 Å². The lowest BCUT2D eigenvalue weighted by molar-refractivity contribution is 0.669. The van der Waals surface area contributed by atoms with E-state index >= 15 is 0 Å². The number of hydrogen-bond donors (Lipinski definition) is 0. The van der Waals surface area contributed by atoms with E-state index in [1.807, 2.05) is 12.1 Å². The number of benzene rings is 8. The summed E-state index contributed by atoms with van der Waals surface area (Å²) >= 11 is 0. The van der Waals surface area contributed by atoms with E-state index in [0.29, 0.717) is 0 Å². The molecule has 0 saturated heterocycles. The van der Waals surface area contributed by atoms with Gasteiger partial charge in [-0.05, 0) is 71.1 Å². The normalized spacial score (nSPS) is 11.7. The van der Waals surface area contributed by atoms with Crippen molar-refractivity contribution in [2.75, 3.05) is 4.90 Å². The molecule has 8 aromatic carbocycles. The van der Waals surface area contributed by atoms with E-state index < -0.39 is 0 Å². The maximum Gasteiger partial charge on any atom is 0.137 e. The van der Waals surface area contributed by atoms with Gasteiger partial charge in [0.15, 0.2) is 0 Å². The molecule has 0 radical (unpaired) electrons. The summed E-state index contributed by atoms with van der Waals surface area (Å²) in [7, 11) is 0. The molecule has 0 bridgehead atoms. The molecule has 0 atom stereocenters. The Bertz CT molecular complexity index is 2810. The molecule has 0 aliphatic carbocycles. The van der Waals surface area contributed by atoms with Gasteiger partial charge in [0.2, 0.25) is 0 Å². The lowest BCUT2D eigenvalue weighted by Gasteiger charge is -2.26. The molecule has 0 aliphatic rings. The van der Waals surface area contributed by atoms with Crippen LogP contribution in [0.1, 0.15) is 0 Å². The van der Waals surface area contributed by atoms with Crippen LogP contribution in [0.2, 0.25) is 0 Å². The smallest absolute Gasteiger partial charge is 0.137 e. The lowest BCUT2D eigenvalue weighted by Crippen LogP contribution is -2.10. The monoisotopic (exact) mass is 626 g/mol. The molecule has 49 heavy (non-hydrogen) atoms. The molecular weight excluding hydrogens is 597 g/mol. The Balaban J connectivity index is 1.23. The van der Waals surface area contributed by atoms with Gasteiger partial charge >= 0.3 is 0 Å². The molecule has 0 aliphatic heterocycles. The van der Waals surface area contributed by atoms with Crippen molar-refractivity contribution in [3.05, 3.63) is 182 Å². The molecule has 0 fully saturated rings. The minimum Gasteiger partial charge on any atom is -0.456 e. The molecule has 0 amide bonds. The fraction of sp³-hybridized carbons (Fsp3) is 0.